The van der Waals surface area contributed by atoms with E-state index >= 15 is 0 Å². The Kier molecular flexibility index (Phi) is 2.14. The molecule has 3 rings (SSSR count). The summed E-state index contributed by atoms with van der Waals surface area (Å²) in [5.41, 5.74) is -0.736. The molecule has 0 saturated carbocycles. The number of ether oxygens (including phenoxy) is 1. The fourth-order valence-electron chi connectivity index (χ4n) is 1.74. The number of H-pyrrole nitrogens is 2. The smallest absolute Gasteiger partial charge is 0.327 e. The monoisotopic (exact) mass is 248 g/mol. The van der Waals surface area contributed by atoms with Gasteiger partial charge in [-0.3, -0.25) is 19.6 Å². The summed E-state index contributed by atoms with van der Waals surface area (Å²) in [6.07, 6.45) is 0.412. The lowest BCUT2D eigenvalue weighted by atomic mass is 10.2. The van der Waals surface area contributed by atoms with Crippen LogP contribution in [0.5, 0.6) is 0 Å². The number of carbonyl (C=O) groups excluding carboxylic acids is 1. The molecule has 0 amide bonds. The van der Waals surface area contributed by atoms with Crippen LogP contribution in [-0.2, 0) is 9.53 Å². The standard InChI is InChI=1S/C10H8N4O4/c1-3(15)6-7(18-6)4-2-11-8-5(12-4)9(16)14-10(17)13-8/h2,6-7H,1H3,(H2,11,13,14,16,17)/t6-,7-/m0/s1. The van der Waals surface area contributed by atoms with Crippen LogP contribution in [0.1, 0.15) is 18.7 Å². The van der Waals surface area contributed by atoms with E-state index in [0.29, 0.717) is 5.69 Å². The molecule has 3 heterocycles. The minimum Gasteiger partial charge on any atom is -0.354 e. The fourth-order valence-corrected chi connectivity index (χ4v) is 1.74. The van der Waals surface area contributed by atoms with Crippen molar-refractivity contribution in [3.05, 3.63) is 32.7 Å². The number of epoxide rings is 1. The van der Waals surface area contributed by atoms with E-state index in [1.54, 1.807) is 0 Å². The number of nitrogens with one attached hydrogen (secondary N) is 2. The molecule has 0 aromatic carbocycles. The number of aromatic nitrogens is 4. The number of nitrogens with zero attached hydrogens (tertiary/aromatic N) is 2. The molecule has 2 aromatic heterocycles. The Bertz CT molecular complexity index is 762. The van der Waals surface area contributed by atoms with E-state index in [4.69, 9.17) is 4.74 Å². The molecular weight excluding hydrogens is 240 g/mol. The molecule has 2 N–H and O–H groups in total. The first-order valence-electron chi connectivity index (χ1n) is 5.21. The van der Waals surface area contributed by atoms with Crippen molar-refractivity contribution < 1.29 is 9.53 Å². The second-order valence-corrected chi connectivity index (χ2v) is 3.99. The highest BCUT2D eigenvalue weighted by Crippen LogP contribution is 2.37. The molecule has 1 saturated heterocycles. The fraction of sp³-hybridized carbons (Fsp3) is 0.300. The third-order valence-electron chi connectivity index (χ3n) is 2.65. The molecule has 2 atom stereocenters. The zero-order valence-corrected chi connectivity index (χ0v) is 9.26. The molecular formula is C10H8N4O4. The van der Waals surface area contributed by atoms with Crippen LogP contribution in [0.25, 0.3) is 11.2 Å². The maximum atomic E-state index is 11.5. The molecule has 0 aliphatic carbocycles. The van der Waals surface area contributed by atoms with Crippen molar-refractivity contribution in [2.24, 2.45) is 0 Å². The second-order valence-electron chi connectivity index (χ2n) is 3.99. The molecule has 0 spiro atoms. The number of hydrogen-bond donors (Lipinski definition) is 2. The second kappa shape index (κ2) is 3.57. The molecule has 92 valence electrons. The van der Waals surface area contributed by atoms with Gasteiger partial charge in [0.2, 0.25) is 0 Å². The number of Topliss-reactive ketones (excluding diaryl/α,β-unsaturated/α-hetero) is 1. The van der Waals surface area contributed by atoms with Gasteiger partial charge in [-0.05, 0) is 6.92 Å². The van der Waals surface area contributed by atoms with Crippen molar-refractivity contribution in [1.29, 1.82) is 0 Å². The topological polar surface area (TPSA) is 121 Å². The summed E-state index contributed by atoms with van der Waals surface area (Å²) < 4.78 is 5.14. The van der Waals surface area contributed by atoms with Gasteiger partial charge in [-0.25, -0.2) is 14.8 Å². The third kappa shape index (κ3) is 1.63. The normalized spacial score (nSPS) is 22.1. The van der Waals surface area contributed by atoms with Gasteiger partial charge in [-0.1, -0.05) is 0 Å². The van der Waals surface area contributed by atoms with E-state index in [1.807, 2.05) is 0 Å². The average Bonchev–Trinajstić information content (AvgIpc) is 3.08. The van der Waals surface area contributed by atoms with Crippen LogP contribution < -0.4 is 11.2 Å². The Balaban J connectivity index is 2.10. The van der Waals surface area contributed by atoms with Gasteiger partial charge >= 0.3 is 5.69 Å². The maximum absolute atomic E-state index is 11.5. The summed E-state index contributed by atoms with van der Waals surface area (Å²) in [7, 11) is 0. The Morgan fingerprint density at radius 3 is 2.83 bits per heavy atom. The number of aromatic amines is 2. The summed E-state index contributed by atoms with van der Waals surface area (Å²) in [5.74, 6) is -0.0997. The Labute approximate surface area is 99.0 Å². The van der Waals surface area contributed by atoms with Crippen molar-refractivity contribution in [3.8, 4) is 0 Å². The van der Waals surface area contributed by atoms with Crippen molar-refractivity contribution in [2.45, 2.75) is 19.1 Å². The van der Waals surface area contributed by atoms with Crippen LogP contribution in [0.15, 0.2) is 15.8 Å². The summed E-state index contributed by atoms with van der Waals surface area (Å²) in [4.78, 5) is 46.0. The van der Waals surface area contributed by atoms with Gasteiger partial charge in [0, 0.05) is 0 Å². The Morgan fingerprint density at radius 1 is 1.39 bits per heavy atom. The average molecular weight is 248 g/mol. The minimum absolute atomic E-state index is 0.0184. The molecule has 1 aliphatic heterocycles. The number of carbonyl (C=O) groups is 1. The number of ketones is 1. The van der Waals surface area contributed by atoms with E-state index in [-0.39, 0.29) is 16.9 Å². The molecule has 0 unspecified atom stereocenters. The summed E-state index contributed by atoms with van der Waals surface area (Å²) >= 11 is 0. The zero-order chi connectivity index (χ0) is 12.9. The largest absolute Gasteiger partial charge is 0.354 e. The van der Waals surface area contributed by atoms with E-state index in [0.717, 1.165) is 0 Å². The lowest BCUT2D eigenvalue weighted by molar-refractivity contribution is -0.118. The van der Waals surface area contributed by atoms with Gasteiger partial charge in [0.15, 0.2) is 16.9 Å². The van der Waals surface area contributed by atoms with Crippen molar-refractivity contribution in [2.75, 3.05) is 0 Å². The minimum atomic E-state index is -0.640. The van der Waals surface area contributed by atoms with Gasteiger partial charge in [0.05, 0.1) is 11.9 Å². The maximum Gasteiger partial charge on any atom is 0.327 e. The highest BCUT2D eigenvalue weighted by atomic mass is 16.6. The predicted octanol–water partition coefficient (Wildman–Crippen LogP) is -0.965. The zero-order valence-electron chi connectivity index (χ0n) is 9.26. The molecule has 1 aliphatic rings. The van der Waals surface area contributed by atoms with Crippen molar-refractivity contribution in [1.82, 2.24) is 19.9 Å². The van der Waals surface area contributed by atoms with E-state index in [2.05, 4.69) is 19.9 Å². The number of rotatable bonds is 2. The van der Waals surface area contributed by atoms with Gasteiger partial charge in [0.1, 0.15) is 12.2 Å². The first-order chi connectivity index (χ1) is 8.56. The highest BCUT2D eigenvalue weighted by Gasteiger charge is 2.45. The van der Waals surface area contributed by atoms with Crippen molar-refractivity contribution >= 4 is 16.9 Å². The van der Waals surface area contributed by atoms with Gasteiger partial charge < -0.3 is 4.74 Å². The predicted molar refractivity (Wildman–Crippen MR) is 59.1 cm³/mol. The first-order valence-corrected chi connectivity index (χ1v) is 5.21. The van der Waals surface area contributed by atoms with Crippen LogP contribution in [0.3, 0.4) is 0 Å². The van der Waals surface area contributed by atoms with E-state index in [9.17, 15) is 14.4 Å². The lowest BCUT2D eigenvalue weighted by Crippen LogP contribution is -2.23. The van der Waals surface area contributed by atoms with Gasteiger partial charge in [-0.15, -0.1) is 0 Å². The quantitative estimate of drug-likeness (QED) is 0.660. The van der Waals surface area contributed by atoms with Crippen LogP contribution in [0.4, 0.5) is 0 Å². The number of hydrogen-bond acceptors (Lipinski definition) is 6. The van der Waals surface area contributed by atoms with Crippen LogP contribution >= 0.6 is 0 Å². The summed E-state index contributed by atoms with van der Waals surface area (Å²) in [6, 6.07) is 0. The molecule has 8 heteroatoms. The summed E-state index contributed by atoms with van der Waals surface area (Å²) in [5, 5.41) is 0. The molecule has 18 heavy (non-hydrogen) atoms. The van der Waals surface area contributed by atoms with Crippen LogP contribution in [0.2, 0.25) is 0 Å². The van der Waals surface area contributed by atoms with Gasteiger partial charge in [-0.2, -0.15) is 0 Å². The molecule has 2 aromatic rings. The molecule has 1 fully saturated rings. The number of fused-ring (bicyclic) bond motifs is 1. The van der Waals surface area contributed by atoms with E-state index in [1.165, 1.54) is 13.1 Å². The van der Waals surface area contributed by atoms with Crippen LogP contribution in [0, 0.1) is 0 Å². The highest BCUT2D eigenvalue weighted by molar-refractivity contribution is 5.83. The van der Waals surface area contributed by atoms with Crippen LogP contribution in [-0.4, -0.2) is 31.8 Å². The first kappa shape index (κ1) is 10.8. The van der Waals surface area contributed by atoms with E-state index < -0.39 is 23.5 Å². The lowest BCUT2D eigenvalue weighted by Gasteiger charge is -1.97. The molecule has 8 nitrogen and oxygen atoms in total. The summed E-state index contributed by atoms with van der Waals surface area (Å²) in [6.45, 7) is 1.42. The van der Waals surface area contributed by atoms with Crippen molar-refractivity contribution in [3.63, 3.8) is 0 Å². The van der Waals surface area contributed by atoms with Gasteiger partial charge in [0.25, 0.3) is 5.56 Å². The third-order valence-corrected chi connectivity index (χ3v) is 2.65. The SMILES string of the molecule is CC(=O)[C@@H]1O[C@H]1c1cnc2[nH]c(=O)[nH]c(=O)c2n1. The Morgan fingerprint density at radius 2 is 2.17 bits per heavy atom. The molecule has 0 radical (unpaired) electrons. The Hall–Kier alpha value is -2.35. The molecule has 0 bridgehead atoms.